The summed E-state index contributed by atoms with van der Waals surface area (Å²) < 4.78 is 32.1. The highest BCUT2D eigenvalue weighted by molar-refractivity contribution is 7.89. The zero-order chi connectivity index (χ0) is 20.4. The van der Waals surface area contributed by atoms with Gasteiger partial charge in [0.05, 0.1) is 11.0 Å². The Labute approximate surface area is 159 Å². The number of ether oxygens (including phenoxy) is 1. The van der Waals surface area contributed by atoms with Crippen LogP contribution in [0, 0.1) is 13.8 Å². The second-order valence-corrected chi connectivity index (χ2v) is 8.59. The maximum atomic E-state index is 13.0. The second-order valence-electron chi connectivity index (χ2n) is 6.70. The SMILES string of the molecule is CCNC(=O)[C@H](C)OC(=O)[C@@H]1C[C@@H](O)CN1S(=O)(=O)c1ccc(C)c(C)c1. The lowest BCUT2D eigenvalue weighted by molar-refractivity contribution is -0.157. The molecule has 1 aliphatic rings. The summed E-state index contributed by atoms with van der Waals surface area (Å²) in [5.41, 5.74) is 1.75. The van der Waals surface area contributed by atoms with Crippen molar-refractivity contribution < 1.29 is 27.9 Å². The van der Waals surface area contributed by atoms with E-state index < -0.39 is 40.1 Å². The molecule has 2 N–H and O–H groups in total. The smallest absolute Gasteiger partial charge is 0.325 e. The molecule has 1 amide bonds. The van der Waals surface area contributed by atoms with E-state index >= 15 is 0 Å². The monoisotopic (exact) mass is 398 g/mol. The van der Waals surface area contributed by atoms with Crippen LogP contribution in [0.5, 0.6) is 0 Å². The number of aliphatic hydroxyl groups excluding tert-OH is 1. The number of sulfonamides is 1. The van der Waals surface area contributed by atoms with Crippen molar-refractivity contribution in [1.82, 2.24) is 9.62 Å². The zero-order valence-corrected chi connectivity index (χ0v) is 16.7. The van der Waals surface area contributed by atoms with E-state index in [9.17, 15) is 23.1 Å². The fourth-order valence-corrected chi connectivity index (χ4v) is 4.61. The molecule has 0 unspecified atom stereocenters. The lowest BCUT2D eigenvalue weighted by atomic mass is 10.1. The summed E-state index contributed by atoms with van der Waals surface area (Å²) in [6, 6.07) is 3.53. The maximum Gasteiger partial charge on any atom is 0.325 e. The van der Waals surface area contributed by atoms with Crippen LogP contribution in [0.4, 0.5) is 0 Å². The Balaban J connectivity index is 2.25. The number of carbonyl (C=O) groups is 2. The number of β-amino-alcohol motifs (C(OH)–C–C–N with tert-alkyl or cyclic N) is 1. The van der Waals surface area contributed by atoms with E-state index in [1.807, 2.05) is 6.92 Å². The number of likely N-dealkylation sites (N-methyl/N-ethyl adjacent to an activating group) is 1. The van der Waals surface area contributed by atoms with Gasteiger partial charge in [0.15, 0.2) is 6.10 Å². The van der Waals surface area contributed by atoms with Gasteiger partial charge in [-0.15, -0.1) is 0 Å². The van der Waals surface area contributed by atoms with Crippen molar-refractivity contribution in [3.63, 3.8) is 0 Å². The summed E-state index contributed by atoms with van der Waals surface area (Å²) in [5.74, 6) is -1.31. The highest BCUT2D eigenvalue weighted by Crippen LogP contribution is 2.28. The number of benzene rings is 1. The van der Waals surface area contributed by atoms with Crippen LogP contribution in [0.15, 0.2) is 23.1 Å². The molecule has 0 saturated carbocycles. The van der Waals surface area contributed by atoms with Crippen LogP contribution in [0.25, 0.3) is 0 Å². The standard InChI is InChI=1S/C18H26N2O6S/c1-5-19-17(22)13(4)26-18(23)16-9-14(21)10-20(16)27(24,25)15-7-6-11(2)12(3)8-15/h6-8,13-14,16,21H,5,9-10H2,1-4H3,(H,19,22)/t13-,14+,16-/m0/s1. The highest BCUT2D eigenvalue weighted by atomic mass is 32.2. The zero-order valence-electron chi connectivity index (χ0n) is 15.9. The molecular formula is C18H26N2O6S. The number of nitrogens with zero attached hydrogens (tertiary/aromatic N) is 1. The molecule has 1 aliphatic heterocycles. The van der Waals surface area contributed by atoms with Crippen LogP contribution in [-0.4, -0.2) is 61.0 Å². The third kappa shape index (κ3) is 4.66. The molecule has 0 aliphatic carbocycles. The number of carbonyl (C=O) groups excluding carboxylic acids is 2. The number of hydrogen-bond acceptors (Lipinski definition) is 6. The third-order valence-corrected chi connectivity index (χ3v) is 6.47. The summed E-state index contributed by atoms with van der Waals surface area (Å²) in [5, 5.41) is 12.5. The number of hydrogen-bond donors (Lipinski definition) is 2. The minimum Gasteiger partial charge on any atom is -0.451 e. The number of aryl methyl sites for hydroxylation is 2. The molecule has 3 atom stereocenters. The van der Waals surface area contributed by atoms with Gasteiger partial charge in [-0.25, -0.2) is 8.42 Å². The lowest BCUT2D eigenvalue weighted by Crippen LogP contribution is -2.44. The van der Waals surface area contributed by atoms with Crippen LogP contribution in [0.2, 0.25) is 0 Å². The van der Waals surface area contributed by atoms with E-state index in [-0.39, 0.29) is 17.9 Å². The topological polar surface area (TPSA) is 113 Å². The molecule has 0 spiro atoms. The molecule has 9 heteroatoms. The molecule has 1 aromatic carbocycles. The summed E-state index contributed by atoms with van der Waals surface area (Å²) in [6.07, 6.45) is -2.12. The van der Waals surface area contributed by atoms with Crippen molar-refractivity contribution in [2.45, 2.75) is 57.3 Å². The predicted molar refractivity (Wildman–Crippen MR) is 98.5 cm³/mol. The van der Waals surface area contributed by atoms with Gasteiger partial charge in [0.1, 0.15) is 6.04 Å². The van der Waals surface area contributed by atoms with Crippen LogP contribution in [0.3, 0.4) is 0 Å². The maximum absolute atomic E-state index is 13.0. The first-order chi connectivity index (χ1) is 12.6. The molecule has 1 saturated heterocycles. The molecule has 8 nitrogen and oxygen atoms in total. The first-order valence-corrected chi connectivity index (χ1v) is 10.3. The highest BCUT2D eigenvalue weighted by Gasteiger charge is 2.45. The minimum absolute atomic E-state index is 0.0503. The average molecular weight is 398 g/mol. The molecule has 1 fully saturated rings. The van der Waals surface area contributed by atoms with Crippen molar-refractivity contribution in [3.8, 4) is 0 Å². The van der Waals surface area contributed by atoms with Gasteiger partial charge < -0.3 is 15.2 Å². The van der Waals surface area contributed by atoms with E-state index in [4.69, 9.17) is 4.74 Å². The number of rotatable bonds is 6. The molecule has 0 radical (unpaired) electrons. The Kier molecular flexibility index (Phi) is 6.61. The van der Waals surface area contributed by atoms with Crippen LogP contribution >= 0.6 is 0 Å². The third-order valence-electron chi connectivity index (χ3n) is 4.60. The average Bonchev–Trinajstić information content (AvgIpc) is 3.00. The second kappa shape index (κ2) is 8.37. The van der Waals surface area contributed by atoms with Gasteiger partial charge in [-0.05, 0) is 51.0 Å². The predicted octanol–water partition coefficient (Wildman–Crippen LogP) is 0.495. The molecule has 1 heterocycles. The Morgan fingerprint density at radius 2 is 2.00 bits per heavy atom. The van der Waals surface area contributed by atoms with Crippen LogP contribution < -0.4 is 5.32 Å². The van der Waals surface area contributed by atoms with Gasteiger partial charge >= 0.3 is 5.97 Å². The molecule has 0 aromatic heterocycles. The summed E-state index contributed by atoms with van der Waals surface area (Å²) >= 11 is 0. The molecule has 1 aromatic rings. The fraction of sp³-hybridized carbons (Fsp3) is 0.556. The molecule has 2 rings (SSSR count). The first-order valence-electron chi connectivity index (χ1n) is 8.83. The van der Waals surface area contributed by atoms with Crippen molar-refractivity contribution >= 4 is 21.9 Å². The van der Waals surface area contributed by atoms with Crippen molar-refractivity contribution in [3.05, 3.63) is 29.3 Å². The first kappa shape index (κ1) is 21.3. The molecular weight excluding hydrogens is 372 g/mol. The number of esters is 1. The number of aliphatic hydroxyl groups is 1. The quantitative estimate of drug-likeness (QED) is 0.675. The van der Waals surface area contributed by atoms with Crippen molar-refractivity contribution in [1.29, 1.82) is 0 Å². The Morgan fingerprint density at radius 1 is 1.33 bits per heavy atom. The Morgan fingerprint density at radius 3 is 2.59 bits per heavy atom. The van der Waals surface area contributed by atoms with Gasteiger partial charge in [0.25, 0.3) is 5.91 Å². The van der Waals surface area contributed by atoms with E-state index in [0.29, 0.717) is 6.54 Å². The van der Waals surface area contributed by atoms with Gasteiger partial charge in [0, 0.05) is 19.5 Å². The summed E-state index contributed by atoms with van der Waals surface area (Å²) in [6.45, 7) is 7.00. The lowest BCUT2D eigenvalue weighted by Gasteiger charge is -2.24. The van der Waals surface area contributed by atoms with Gasteiger partial charge in [-0.3, -0.25) is 9.59 Å². The summed E-state index contributed by atoms with van der Waals surface area (Å²) in [7, 11) is -4.00. The Bertz CT molecular complexity index is 823. The Hall–Kier alpha value is -1.97. The van der Waals surface area contributed by atoms with E-state index in [0.717, 1.165) is 15.4 Å². The van der Waals surface area contributed by atoms with E-state index in [2.05, 4.69) is 5.32 Å². The molecule has 0 bridgehead atoms. The van der Waals surface area contributed by atoms with Crippen molar-refractivity contribution in [2.24, 2.45) is 0 Å². The number of amides is 1. The minimum atomic E-state index is -4.00. The van der Waals surface area contributed by atoms with Gasteiger partial charge in [-0.2, -0.15) is 4.31 Å². The fourth-order valence-electron chi connectivity index (χ4n) is 2.90. The van der Waals surface area contributed by atoms with Crippen LogP contribution in [0.1, 0.15) is 31.4 Å². The molecule has 27 heavy (non-hydrogen) atoms. The van der Waals surface area contributed by atoms with Crippen LogP contribution in [-0.2, 0) is 24.3 Å². The number of nitrogens with one attached hydrogen (secondary N) is 1. The van der Waals surface area contributed by atoms with Gasteiger partial charge in [-0.1, -0.05) is 6.07 Å². The van der Waals surface area contributed by atoms with Crippen molar-refractivity contribution in [2.75, 3.05) is 13.1 Å². The largest absolute Gasteiger partial charge is 0.451 e. The summed E-state index contributed by atoms with van der Waals surface area (Å²) in [4.78, 5) is 24.3. The normalized spacial score (nSPS) is 21.7. The van der Waals surface area contributed by atoms with E-state index in [1.54, 1.807) is 19.9 Å². The van der Waals surface area contributed by atoms with E-state index in [1.165, 1.54) is 19.1 Å². The molecule has 150 valence electrons. The van der Waals surface area contributed by atoms with Gasteiger partial charge in [0.2, 0.25) is 10.0 Å².